The number of nitrogens with zero attached hydrogens (tertiary/aromatic N) is 1. The Bertz CT molecular complexity index is 305. The van der Waals surface area contributed by atoms with E-state index in [2.05, 4.69) is 4.98 Å². The van der Waals surface area contributed by atoms with Gasteiger partial charge in [-0.2, -0.15) is 8.42 Å². The van der Waals surface area contributed by atoms with Crippen molar-refractivity contribution in [3.63, 3.8) is 0 Å². The summed E-state index contributed by atoms with van der Waals surface area (Å²) >= 11 is 0. The molecule has 4 nitrogen and oxygen atoms in total. The van der Waals surface area contributed by atoms with Crippen LogP contribution in [0, 0.1) is 0 Å². The summed E-state index contributed by atoms with van der Waals surface area (Å²) in [5.74, 6) is 0. The number of pyridine rings is 1. The second kappa shape index (κ2) is 2.36. The smallest absolute Gasteiger partial charge is 0.282 e. The first kappa shape index (κ1) is 7.17. The van der Waals surface area contributed by atoms with Crippen LogP contribution in [-0.4, -0.2) is 18.0 Å². The standard InChI is InChI=1S/C5H5NO3S/c7-10(8,9)5-1-3-6-4-2-5/h1-4H,(H,7,8,9). The van der Waals surface area contributed by atoms with Crippen LogP contribution in [0.1, 0.15) is 0 Å². The normalized spacial score (nSPS) is 11.3. The van der Waals surface area contributed by atoms with Crippen LogP contribution >= 0.6 is 0 Å². The highest BCUT2D eigenvalue weighted by atomic mass is 32.2. The monoisotopic (exact) mass is 159 g/mol. The van der Waals surface area contributed by atoms with Crippen LogP contribution in [0.4, 0.5) is 0 Å². The Morgan fingerprint density at radius 2 is 1.80 bits per heavy atom. The average molecular weight is 159 g/mol. The molecule has 0 aliphatic heterocycles. The zero-order valence-electron chi connectivity index (χ0n) is 4.93. The van der Waals surface area contributed by atoms with Crippen LogP contribution < -0.4 is 0 Å². The minimum absolute atomic E-state index is 0.137. The second-order valence-corrected chi connectivity index (χ2v) is 3.08. The van der Waals surface area contributed by atoms with Gasteiger partial charge in [-0.25, -0.2) is 0 Å². The molecule has 0 aliphatic carbocycles. The van der Waals surface area contributed by atoms with E-state index in [1.807, 2.05) is 0 Å². The van der Waals surface area contributed by atoms with Gasteiger partial charge in [0.05, 0.1) is 4.90 Å². The summed E-state index contributed by atoms with van der Waals surface area (Å²) in [4.78, 5) is 3.45. The van der Waals surface area contributed by atoms with Crippen molar-refractivity contribution < 1.29 is 13.0 Å². The van der Waals surface area contributed by atoms with Gasteiger partial charge >= 0.3 is 0 Å². The molecule has 0 bridgehead atoms. The molecule has 1 rings (SSSR count). The Morgan fingerprint density at radius 1 is 1.30 bits per heavy atom. The Hall–Kier alpha value is -0.940. The molecule has 1 aromatic heterocycles. The SMILES string of the molecule is O=S(=O)(O)c1ccncc1. The third-order valence-electron chi connectivity index (χ3n) is 0.948. The summed E-state index contributed by atoms with van der Waals surface area (Å²) in [6, 6.07) is 2.44. The van der Waals surface area contributed by atoms with Crippen molar-refractivity contribution in [1.82, 2.24) is 4.98 Å². The van der Waals surface area contributed by atoms with Crippen LogP contribution in [0.25, 0.3) is 0 Å². The molecule has 0 saturated heterocycles. The number of hydrogen-bond donors (Lipinski definition) is 1. The van der Waals surface area contributed by atoms with Crippen molar-refractivity contribution in [2.75, 3.05) is 0 Å². The molecule has 0 atom stereocenters. The fourth-order valence-corrected chi connectivity index (χ4v) is 0.976. The molecule has 54 valence electrons. The third kappa shape index (κ3) is 1.52. The Labute approximate surface area is 58.3 Å². The van der Waals surface area contributed by atoms with Gasteiger partial charge in [-0.05, 0) is 12.1 Å². The molecule has 0 saturated carbocycles. The van der Waals surface area contributed by atoms with Gasteiger partial charge in [-0.15, -0.1) is 0 Å². The molecule has 5 heteroatoms. The predicted octanol–water partition coefficient (Wildman–Crippen LogP) is 0.328. The van der Waals surface area contributed by atoms with Gasteiger partial charge in [0.15, 0.2) is 0 Å². The van der Waals surface area contributed by atoms with Crippen molar-refractivity contribution in [3.8, 4) is 0 Å². The van der Waals surface area contributed by atoms with E-state index in [4.69, 9.17) is 4.55 Å². The third-order valence-corrected chi connectivity index (χ3v) is 1.82. The van der Waals surface area contributed by atoms with Gasteiger partial charge in [0.25, 0.3) is 10.1 Å². The highest BCUT2D eigenvalue weighted by Gasteiger charge is 2.06. The molecule has 0 radical (unpaired) electrons. The van der Waals surface area contributed by atoms with Crippen molar-refractivity contribution in [1.29, 1.82) is 0 Å². The highest BCUT2D eigenvalue weighted by Crippen LogP contribution is 2.03. The summed E-state index contributed by atoms with van der Waals surface area (Å²) in [5, 5.41) is 0. The fraction of sp³-hybridized carbons (Fsp3) is 0. The summed E-state index contributed by atoms with van der Waals surface area (Å²) < 4.78 is 29.2. The van der Waals surface area contributed by atoms with Gasteiger partial charge < -0.3 is 0 Å². The Balaban J connectivity index is 3.22. The van der Waals surface area contributed by atoms with Crippen LogP contribution in [0.2, 0.25) is 0 Å². The lowest BCUT2D eigenvalue weighted by Gasteiger charge is -1.91. The topological polar surface area (TPSA) is 67.3 Å². The summed E-state index contributed by atoms with van der Waals surface area (Å²) in [6.45, 7) is 0. The van der Waals surface area contributed by atoms with Crippen molar-refractivity contribution in [3.05, 3.63) is 24.5 Å². The molecule has 0 aromatic carbocycles. The maximum atomic E-state index is 10.4. The van der Waals surface area contributed by atoms with Crippen LogP contribution in [0.15, 0.2) is 29.4 Å². The van der Waals surface area contributed by atoms with E-state index in [9.17, 15) is 8.42 Å². The van der Waals surface area contributed by atoms with E-state index in [1.54, 1.807) is 0 Å². The maximum Gasteiger partial charge on any atom is 0.294 e. The van der Waals surface area contributed by atoms with Crippen LogP contribution in [-0.2, 0) is 10.1 Å². The van der Waals surface area contributed by atoms with Crippen LogP contribution in [0.5, 0.6) is 0 Å². The quantitative estimate of drug-likeness (QED) is 0.599. The van der Waals surface area contributed by atoms with Gasteiger partial charge in [-0.1, -0.05) is 0 Å². The Kier molecular flexibility index (Phi) is 1.69. The molecular weight excluding hydrogens is 154 g/mol. The molecule has 1 aromatic rings. The van der Waals surface area contributed by atoms with Crippen molar-refractivity contribution in [2.45, 2.75) is 4.90 Å². The van der Waals surface area contributed by atoms with E-state index >= 15 is 0 Å². The van der Waals surface area contributed by atoms with E-state index in [0.717, 1.165) is 0 Å². The molecular formula is C5H5NO3S. The molecule has 0 aliphatic rings. The van der Waals surface area contributed by atoms with Gasteiger partial charge in [-0.3, -0.25) is 9.54 Å². The Morgan fingerprint density at radius 3 is 2.10 bits per heavy atom. The molecule has 0 fully saturated rings. The van der Waals surface area contributed by atoms with Crippen LogP contribution in [0.3, 0.4) is 0 Å². The van der Waals surface area contributed by atoms with Gasteiger partial charge in [0.1, 0.15) is 0 Å². The summed E-state index contributed by atoms with van der Waals surface area (Å²) in [7, 11) is -4.04. The van der Waals surface area contributed by atoms with E-state index in [-0.39, 0.29) is 4.90 Å². The highest BCUT2D eigenvalue weighted by molar-refractivity contribution is 7.85. The minimum atomic E-state index is -4.04. The predicted molar refractivity (Wildman–Crippen MR) is 34.1 cm³/mol. The molecule has 10 heavy (non-hydrogen) atoms. The molecule has 0 amide bonds. The maximum absolute atomic E-state index is 10.4. The number of rotatable bonds is 1. The van der Waals surface area contributed by atoms with Gasteiger partial charge in [0.2, 0.25) is 0 Å². The first-order valence-corrected chi connectivity index (χ1v) is 3.92. The number of hydrogen-bond acceptors (Lipinski definition) is 3. The molecule has 0 spiro atoms. The lowest BCUT2D eigenvalue weighted by Crippen LogP contribution is -1.96. The minimum Gasteiger partial charge on any atom is -0.282 e. The summed E-state index contributed by atoms with van der Waals surface area (Å²) in [5.41, 5.74) is 0. The second-order valence-electron chi connectivity index (χ2n) is 1.66. The summed E-state index contributed by atoms with van der Waals surface area (Å²) in [6.07, 6.45) is 2.59. The fourth-order valence-electron chi connectivity index (χ4n) is 0.510. The zero-order chi connectivity index (χ0) is 7.61. The molecule has 1 heterocycles. The first-order valence-electron chi connectivity index (χ1n) is 2.48. The van der Waals surface area contributed by atoms with Crippen molar-refractivity contribution >= 4 is 10.1 Å². The van der Waals surface area contributed by atoms with Crippen molar-refractivity contribution in [2.24, 2.45) is 0 Å². The molecule has 1 N–H and O–H groups in total. The van der Waals surface area contributed by atoms with E-state index in [1.165, 1.54) is 24.5 Å². The number of aromatic nitrogens is 1. The van der Waals surface area contributed by atoms with E-state index < -0.39 is 10.1 Å². The van der Waals surface area contributed by atoms with Gasteiger partial charge in [0, 0.05) is 12.4 Å². The lowest BCUT2D eigenvalue weighted by molar-refractivity contribution is 0.483. The molecule has 0 unspecified atom stereocenters. The first-order chi connectivity index (χ1) is 4.61. The lowest BCUT2D eigenvalue weighted by atomic mass is 10.5. The average Bonchev–Trinajstić information content (AvgIpc) is 1.88. The van der Waals surface area contributed by atoms with E-state index in [0.29, 0.717) is 0 Å². The largest absolute Gasteiger partial charge is 0.294 e. The zero-order valence-corrected chi connectivity index (χ0v) is 5.75.